The first kappa shape index (κ1) is 78.0. The van der Waals surface area contributed by atoms with Crippen molar-refractivity contribution in [2.24, 2.45) is 16.6 Å². The average Bonchev–Trinajstić information content (AvgIpc) is 1.69. The Morgan fingerprint density at radius 3 is 1.50 bits per heavy atom. The van der Waals surface area contributed by atoms with Crippen LogP contribution in [-0.2, 0) is 51.4 Å². The van der Waals surface area contributed by atoms with Gasteiger partial charge in [-0.05, 0) is 115 Å². The summed E-state index contributed by atoms with van der Waals surface area (Å²) in [4.78, 5) is 117. The Labute approximate surface area is 593 Å². The largest absolute Gasteiger partial charge is 0.508 e. The molecule has 0 spiro atoms. The van der Waals surface area contributed by atoms with Crippen molar-refractivity contribution in [2.45, 2.75) is 122 Å². The van der Waals surface area contributed by atoms with Gasteiger partial charge in [-0.3, -0.25) is 58.0 Å². The topological polar surface area (TPSA) is 479 Å². The summed E-state index contributed by atoms with van der Waals surface area (Å²) in [5.74, 6) is -8.69. The number of carboxylic acids is 4. The van der Waals surface area contributed by atoms with Gasteiger partial charge in [-0.25, -0.2) is 9.13 Å². The maximum absolute atomic E-state index is 14.3. The zero-order valence-electron chi connectivity index (χ0n) is 58.0. The molecule has 2 saturated heterocycles. The van der Waals surface area contributed by atoms with Crippen molar-refractivity contribution in [1.29, 1.82) is 0 Å². The number of aliphatic imine (C=N–C) groups is 1. The normalized spacial score (nSPS) is 14.8. The molecule has 103 heavy (non-hydrogen) atoms. The Bertz CT molecular complexity index is 4010. The SMILES string of the molecule is CC(C)c1cc(-c2nnc(O)n2-c2ccc(CN3CCN(C(=O)CNC(=O)[C@H](CC(=O)N4CCN(Cc5ccc(-n6c(O)nnc6-c6cc(C(C)C)c(O)cc6O)cc5)CC4)NC(=O)CC[C@H](C(=O)O)N(CCN)CCC(CC(=O)O)C/C(CCCC(=O)O)=N\CC(=O)O)CC3)cc2)c(O)cc1O. The number of aliphatic carboxylic acids is 4. The fourth-order valence-corrected chi connectivity index (χ4v) is 12.7. The lowest BCUT2D eigenvalue weighted by Gasteiger charge is -2.35. The molecular weight excluding hydrogens is 1340 g/mol. The molecule has 33 heteroatoms. The van der Waals surface area contributed by atoms with Crippen LogP contribution in [0.3, 0.4) is 0 Å². The lowest BCUT2D eigenvalue weighted by atomic mass is 9.92. The minimum absolute atomic E-state index is 0.00452. The van der Waals surface area contributed by atoms with Crippen LogP contribution in [0.1, 0.15) is 120 Å². The number of carboxylic acid groups (broad SMARTS) is 4. The van der Waals surface area contributed by atoms with E-state index in [1.54, 1.807) is 46.2 Å². The highest BCUT2D eigenvalue weighted by Gasteiger charge is 2.33. The van der Waals surface area contributed by atoms with Gasteiger partial charge in [-0.2, -0.15) is 0 Å². The lowest BCUT2D eigenvalue weighted by molar-refractivity contribution is -0.144. The predicted molar refractivity (Wildman–Crippen MR) is 373 cm³/mol. The molecular formula is C70H91N15O18. The third kappa shape index (κ3) is 21.4. The van der Waals surface area contributed by atoms with Gasteiger partial charge < -0.3 is 77.2 Å². The monoisotopic (exact) mass is 1430 g/mol. The van der Waals surface area contributed by atoms with E-state index in [1.807, 2.05) is 52.0 Å². The molecule has 33 nitrogen and oxygen atoms in total. The van der Waals surface area contributed by atoms with Crippen LogP contribution in [0.5, 0.6) is 35.0 Å². The van der Waals surface area contributed by atoms with Gasteiger partial charge in [0.1, 0.15) is 41.6 Å². The summed E-state index contributed by atoms with van der Waals surface area (Å²) < 4.78 is 2.74. The molecule has 4 aromatic carbocycles. The number of nitrogens with one attached hydrogen (secondary N) is 2. The molecule has 4 heterocycles. The first-order chi connectivity index (χ1) is 49.1. The number of carbonyl (C=O) groups excluding carboxylic acids is 4. The van der Waals surface area contributed by atoms with Crippen molar-refractivity contribution in [3.63, 3.8) is 0 Å². The molecule has 4 amide bonds. The number of carbonyl (C=O) groups is 8. The van der Waals surface area contributed by atoms with Gasteiger partial charge >= 0.3 is 35.9 Å². The van der Waals surface area contributed by atoms with Gasteiger partial charge in [0.2, 0.25) is 23.6 Å². The fraction of sp³-hybridized carbons (Fsp3) is 0.471. The van der Waals surface area contributed by atoms with Crippen molar-refractivity contribution in [1.82, 2.24) is 64.7 Å². The number of hydrogen-bond donors (Lipinski definition) is 13. The highest BCUT2D eigenvalue weighted by molar-refractivity contribution is 5.94. The molecule has 0 bridgehead atoms. The molecule has 14 N–H and O–H groups in total. The Hall–Kier alpha value is -10.8. The number of benzene rings is 4. The molecule has 554 valence electrons. The summed E-state index contributed by atoms with van der Waals surface area (Å²) in [6.07, 6.45) is -1.73. The van der Waals surface area contributed by atoms with Crippen molar-refractivity contribution in [3.05, 3.63) is 95.1 Å². The van der Waals surface area contributed by atoms with Crippen LogP contribution in [0, 0.1) is 5.92 Å². The Balaban J connectivity index is 0.900. The Morgan fingerprint density at radius 2 is 1.05 bits per heavy atom. The molecule has 2 aliphatic rings. The molecule has 0 saturated carbocycles. The smallest absolute Gasteiger partial charge is 0.325 e. The minimum atomic E-state index is -1.53. The van der Waals surface area contributed by atoms with Crippen molar-refractivity contribution >= 4 is 53.2 Å². The number of phenolic OH excluding ortho intramolecular Hbond substituents is 4. The molecule has 1 unspecified atom stereocenters. The van der Waals surface area contributed by atoms with Crippen molar-refractivity contribution in [3.8, 4) is 69.2 Å². The highest BCUT2D eigenvalue weighted by Crippen LogP contribution is 2.41. The van der Waals surface area contributed by atoms with E-state index in [2.05, 4.69) is 45.8 Å². The average molecular weight is 1430 g/mol. The molecule has 2 fully saturated rings. The highest BCUT2D eigenvalue weighted by atomic mass is 16.4. The number of piperazine rings is 2. The summed E-state index contributed by atoms with van der Waals surface area (Å²) in [7, 11) is 0. The summed E-state index contributed by atoms with van der Waals surface area (Å²) in [5.41, 5.74) is 10.6. The standard InChI is InChI=1S/C70H91N15O18/c1-41(2)49-32-51(57(88)35-55(49)86)65-75-77-69(102)84(65)47-12-8-43(9-13-47)39-79-22-26-82(27-23-79)60(91)34-53(74-59(90)17-16-54(68(100)101)81(21-19-71)20-18-45(31-63(95)96)30-46(72-38-64(97)98)6-5-7-62(93)94)67(99)73-37-61(92)83-28-24-80(25-29-83)40-44-10-14-48(15-11-44)85-66(76-78-70(85)103)52-33-50(42(3)4)56(87)36-58(52)89/h8-15,32-33,35-36,41-42,45,53-54,86-89H,5-7,16-31,34,37-40,71H2,1-4H3,(H,73,99)(H,74,90)(H,77,102)(H,78,103)(H,93,94)(H,95,96)(H,97,98)(H,100,101)/b72-46-/t45?,53-,54+/m0/s1. The quantitative estimate of drug-likeness (QED) is 0.0249. The van der Waals surface area contributed by atoms with Crippen LogP contribution in [0.25, 0.3) is 34.2 Å². The second kappa shape index (κ2) is 36.2. The van der Waals surface area contributed by atoms with E-state index >= 15 is 0 Å². The molecule has 6 aromatic rings. The first-order valence-corrected chi connectivity index (χ1v) is 34.1. The Morgan fingerprint density at radius 1 is 0.553 bits per heavy atom. The summed E-state index contributed by atoms with van der Waals surface area (Å²) in [6.45, 7) is 10.1. The first-order valence-electron chi connectivity index (χ1n) is 34.1. The molecule has 3 atom stereocenters. The Kier molecular flexibility index (Phi) is 27.4. The number of aromatic hydroxyl groups is 6. The summed E-state index contributed by atoms with van der Waals surface area (Å²) in [6, 6.07) is 16.3. The van der Waals surface area contributed by atoms with E-state index < -0.39 is 110 Å². The molecule has 2 aliphatic heterocycles. The second-order valence-electron chi connectivity index (χ2n) is 26.4. The molecule has 0 radical (unpaired) electrons. The lowest BCUT2D eigenvalue weighted by Crippen LogP contribution is -2.55. The third-order valence-electron chi connectivity index (χ3n) is 18.3. The van der Waals surface area contributed by atoms with Crippen molar-refractivity contribution < 1.29 is 89.4 Å². The van der Waals surface area contributed by atoms with Crippen LogP contribution in [0.2, 0.25) is 0 Å². The molecule has 8 rings (SSSR count). The van der Waals surface area contributed by atoms with Crippen LogP contribution in [0.15, 0.2) is 77.8 Å². The van der Waals surface area contributed by atoms with E-state index in [4.69, 9.17) is 5.73 Å². The van der Waals surface area contributed by atoms with Gasteiger partial charge in [0.05, 0.1) is 35.5 Å². The minimum Gasteiger partial charge on any atom is -0.508 e. The molecule has 0 aliphatic carbocycles. The van der Waals surface area contributed by atoms with Gasteiger partial charge in [0, 0.05) is 116 Å². The number of nitrogens with zero attached hydrogens (tertiary/aromatic N) is 12. The maximum Gasteiger partial charge on any atom is 0.325 e. The number of aromatic nitrogens is 6. The number of phenols is 4. The van der Waals surface area contributed by atoms with Crippen LogP contribution in [0.4, 0.5) is 0 Å². The van der Waals surface area contributed by atoms with E-state index in [0.717, 1.165) is 11.1 Å². The van der Waals surface area contributed by atoms with Gasteiger partial charge in [-0.15, -0.1) is 10.2 Å². The number of amides is 4. The van der Waals surface area contributed by atoms with Crippen LogP contribution in [-0.4, -0.2) is 255 Å². The second-order valence-corrected chi connectivity index (χ2v) is 26.4. The van der Waals surface area contributed by atoms with Crippen LogP contribution >= 0.6 is 0 Å². The van der Waals surface area contributed by atoms with E-state index in [1.165, 1.54) is 26.2 Å². The van der Waals surface area contributed by atoms with Gasteiger partial charge in [0.15, 0.2) is 11.6 Å². The number of rotatable bonds is 36. The third-order valence-corrected chi connectivity index (χ3v) is 18.3. The zero-order chi connectivity index (χ0) is 74.8. The van der Waals surface area contributed by atoms with E-state index in [-0.39, 0.29) is 129 Å². The maximum atomic E-state index is 14.3. The van der Waals surface area contributed by atoms with Gasteiger partial charge in [0.25, 0.3) is 0 Å². The number of hydrogen-bond acceptors (Lipinski definition) is 23. The van der Waals surface area contributed by atoms with Gasteiger partial charge in [-0.1, -0.05) is 62.2 Å². The fourth-order valence-electron chi connectivity index (χ4n) is 12.7. The van der Waals surface area contributed by atoms with E-state index in [9.17, 15) is 89.4 Å². The number of nitrogens with two attached hydrogens (primary N) is 1. The summed E-state index contributed by atoms with van der Waals surface area (Å²) in [5, 5.41) is 124. The molecule has 2 aromatic heterocycles. The predicted octanol–water partition coefficient (Wildman–Crippen LogP) is 3.79. The summed E-state index contributed by atoms with van der Waals surface area (Å²) >= 11 is 0. The zero-order valence-corrected chi connectivity index (χ0v) is 58.0. The van der Waals surface area contributed by atoms with E-state index in [0.29, 0.717) is 80.6 Å². The van der Waals surface area contributed by atoms with Crippen LogP contribution < -0.4 is 16.4 Å². The van der Waals surface area contributed by atoms with Crippen molar-refractivity contribution in [2.75, 3.05) is 85.1 Å².